The number of halogens is 2. The van der Waals surface area contributed by atoms with Gasteiger partial charge < -0.3 is 40.1 Å². The smallest absolute Gasteiger partial charge is 0.165 e. The van der Waals surface area contributed by atoms with Crippen LogP contribution in [-0.4, -0.2) is 43.9 Å². The third-order valence-corrected chi connectivity index (χ3v) is 12.8. The first-order chi connectivity index (χ1) is 29.4. The van der Waals surface area contributed by atoms with Crippen molar-refractivity contribution < 1.29 is 48.9 Å². The molecule has 6 aromatic carbocycles. The number of fused-ring (bicyclic) bond motifs is 2. The van der Waals surface area contributed by atoms with Crippen molar-refractivity contribution in [1.82, 2.24) is 0 Å². The first-order valence-electron chi connectivity index (χ1n) is 21.0. The summed E-state index contributed by atoms with van der Waals surface area (Å²) in [5.74, 6) is -0.486. The van der Waals surface area contributed by atoms with E-state index < -0.39 is 11.6 Å². The van der Waals surface area contributed by atoms with E-state index in [-0.39, 0.29) is 58.2 Å². The maximum Gasteiger partial charge on any atom is 0.165 e. The average Bonchev–Trinajstić information content (AvgIpc) is 3.24. The number of aryl methyl sites for hydroxylation is 6. The van der Waals surface area contributed by atoms with E-state index in [1.807, 2.05) is 91.8 Å². The van der Waals surface area contributed by atoms with Gasteiger partial charge in [0.05, 0.1) is 13.2 Å². The zero-order chi connectivity index (χ0) is 44.9. The Morgan fingerprint density at radius 1 is 0.484 bits per heavy atom. The van der Waals surface area contributed by atoms with Crippen LogP contribution < -0.4 is 9.47 Å². The minimum Gasteiger partial charge on any atom is -0.508 e. The lowest BCUT2D eigenvalue weighted by Crippen LogP contribution is -2.27. The monoisotopic (exact) mass is 844 g/mol. The second-order valence-electron chi connectivity index (χ2n) is 16.8. The highest BCUT2D eigenvalue weighted by atomic mass is 19.1. The molecule has 0 bridgehead atoms. The second kappa shape index (κ2) is 17.2. The van der Waals surface area contributed by atoms with Crippen molar-refractivity contribution in [2.24, 2.45) is 0 Å². The summed E-state index contributed by atoms with van der Waals surface area (Å²) in [4.78, 5) is 0. The molecule has 10 heteroatoms. The van der Waals surface area contributed by atoms with Gasteiger partial charge >= 0.3 is 0 Å². The van der Waals surface area contributed by atoms with Crippen molar-refractivity contribution in [3.8, 4) is 46.0 Å². The molecule has 4 atom stereocenters. The molecule has 0 fully saturated rings. The molecule has 2 heterocycles. The van der Waals surface area contributed by atoms with E-state index in [1.165, 1.54) is 18.2 Å². The number of hydrogen-bond acceptors (Lipinski definition) is 8. The third kappa shape index (κ3) is 7.83. The summed E-state index contributed by atoms with van der Waals surface area (Å²) in [5.41, 5.74) is 10.8. The van der Waals surface area contributed by atoms with Crippen LogP contribution in [0, 0.1) is 53.2 Å². The Kier molecular flexibility index (Phi) is 12.1. The number of rotatable bonds is 6. The van der Waals surface area contributed by atoms with E-state index in [9.17, 15) is 35.0 Å². The fourth-order valence-electron chi connectivity index (χ4n) is 9.39. The van der Waals surface area contributed by atoms with Gasteiger partial charge in [0.2, 0.25) is 0 Å². The molecule has 0 saturated carbocycles. The molecule has 0 amide bonds. The maximum absolute atomic E-state index is 15.1. The van der Waals surface area contributed by atoms with Crippen molar-refractivity contribution >= 4 is 0 Å². The fourth-order valence-corrected chi connectivity index (χ4v) is 9.39. The van der Waals surface area contributed by atoms with Crippen LogP contribution in [0.3, 0.4) is 0 Å². The molecular weight excluding hydrogens is 791 g/mol. The molecule has 0 aromatic heterocycles. The van der Waals surface area contributed by atoms with Crippen molar-refractivity contribution in [3.05, 3.63) is 162 Å². The van der Waals surface area contributed by atoms with Crippen LogP contribution in [0.5, 0.6) is 46.0 Å². The fraction of sp³-hybridized carbons (Fsp3) is 0.308. The molecule has 8 nitrogen and oxygen atoms in total. The predicted octanol–water partition coefficient (Wildman–Crippen LogP) is 11.5. The lowest BCUT2D eigenvalue weighted by Gasteiger charge is -2.36. The van der Waals surface area contributed by atoms with Crippen LogP contribution >= 0.6 is 0 Å². The molecule has 2 aliphatic rings. The van der Waals surface area contributed by atoms with Crippen molar-refractivity contribution in [3.63, 3.8) is 0 Å². The van der Waals surface area contributed by atoms with Crippen molar-refractivity contribution in [1.29, 1.82) is 0 Å². The minimum absolute atomic E-state index is 0.127. The Labute approximate surface area is 361 Å². The van der Waals surface area contributed by atoms with Gasteiger partial charge in [-0.1, -0.05) is 50.2 Å². The lowest BCUT2D eigenvalue weighted by atomic mass is 9.74. The summed E-state index contributed by atoms with van der Waals surface area (Å²) >= 11 is 0. The van der Waals surface area contributed by atoms with Crippen LogP contribution in [0.25, 0.3) is 0 Å². The summed E-state index contributed by atoms with van der Waals surface area (Å²) in [6.45, 7) is 15.6. The number of phenolic OH excluding ortho intramolecular Hbond substituents is 6. The normalized spacial score (nSPS) is 17.8. The first kappa shape index (κ1) is 43.7. The Morgan fingerprint density at radius 2 is 0.935 bits per heavy atom. The molecule has 6 N–H and O–H groups in total. The largest absolute Gasteiger partial charge is 0.508 e. The second-order valence-corrected chi connectivity index (χ2v) is 16.8. The Morgan fingerprint density at radius 3 is 1.37 bits per heavy atom. The van der Waals surface area contributed by atoms with Crippen LogP contribution in [0.2, 0.25) is 0 Å². The van der Waals surface area contributed by atoms with Gasteiger partial charge in [0, 0.05) is 52.0 Å². The number of phenols is 6. The molecular formula is C52H54F2O8. The Balaban J connectivity index is 0.000000186. The van der Waals surface area contributed by atoms with E-state index in [1.54, 1.807) is 12.1 Å². The molecule has 0 radical (unpaired) electrons. The van der Waals surface area contributed by atoms with E-state index >= 15 is 4.39 Å². The summed E-state index contributed by atoms with van der Waals surface area (Å²) < 4.78 is 41.8. The predicted molar refractivity (Wildman–Crippen MR) is 236 cm³/mol. The standard InChI is InChI=1S/2C26H27FO4/c1-5-16-10-20-23(19-7-6-18(28)11-22(19)27)21(12-31-26(20)15(4)25(16)30)17-8-13(2)24(29)14(3)9-17;1-5-16-10-19-23(17-6-7-22(28)21(27)11-17)20(12-31-26(19)15(4)25(16)30)18-8-13(2)24(29)14(3)9-18/h6-11,21,23,28-30H,5,12H2,1-4H3;6-11,20,23,28-30H,5,12H2,1-4H3. The highest BCUT2D eigenvalue weighted by Crippen LogP contribution is 2.52. The number of ether oxygens (including phenoxy) is 2. The number of hydrogen-bond donors (Lipinski definition) is 6. The van der Waals surface area contributed by atoms with Crippen molar-refractivity contribution in [2.45, 2.75) is 91.9 Å². The molecule has 6 aromatic rings. The zero-order valence-corrected chi connectivity index (χ0v) is 36.3. The summed E-state index contributed by atoms with van der Waals surface area (Å²) in [6, 6.07) is 20.3. The molecule has 0 saturated heterocycles. The lowest BCUT2D eigenvalue weighted by molar-refractivity contribution is 0.244. The van der Waals surface area contributed by atoms with Gasteiger partial charge in [0.15, 0.2) is 11.6 Å². The van der Waals surface area contributed by atoms with E-state index in [0.717, 1.165) is 67.3 Å². The molecule has 0 aliphatic carbocycles. The molecule has 324 valence electrons. The Hall–Kier alpha value is -6.42. The average molecular weight is 845 g/mol. The van der Waals surface area contributed by atoms with Gasteiger partial charge in [0.1, 0.15) is 46.1 Å². The summed E-state index contributed by atoms with van der Waals surface area (Å²) in [5, 5.41) is 61.1. The highest BCUT2D eigenvalue weighted by Gasteiger charge is 2.38. The van der Waals surface area contributed by atoms with Gasteiger partial charge in [-0.05, 0) is 140 Å². The topological polar surface area (TPSA) is 140 Å². The number of benzene rings is 6. The highest BCUT2D eigenvalue weighted by molar-refractivity contribution is 5.61. The minimum atomic E-state index is -0.673. The van der Waals surface area contributed by atoms with Gasteiger partial charge in [-0.3, -0.25) is 0 Å². The molecule has 2 aliphatic heterocycles. The number of aromatic hydroxyl groups is 6. The molecule has 8 rings (SSSR count). The van der Waals surface area contributed by atoms with Crippen LogP contribution in [0.15, 0.2) is 72.8 Å². The maximum atomic E-state index is 15.1. The van der Waals surface area contributed by atoms with Gasteiger partial charge in [0.25, 0.3) is 0 Å². The van der Waals surface area contributed by atoms with E-state index in [4.69, 9.17) is 9.47 Å². The van der Waals surface area contributed by atoms with E-state index in [2.05, 4.69) is 0 Å². The van der Waals surface area contributed by atoms with Crippen molar-refractivity contribution in [2.75, 3.05) is 13.2 Å². The first-order valence-corrected chi connectivity index (χ1v) is 21.0. The van der Waals surface area contributed by atoms with Gasteiger partial charge in [-0.15, -0.1) is 0 Å². The molecule has 62 heavy (non-hydrogen) atoms. The molecule has 0 spiro atoms. The SMILES string of the molecule is CCc1cc2c(c(C)c1O)OCC(c1cc(C)c(O)c(C)c1)C2c1ccc(O)c(F)c1.CCc1cc2c(c(C)c1O)OCC(c1cc(C)c(O)c(C)c1)C2c1ccc(O)cc1F. The quantitative estimate of drug-likeness (QED) is 0.0974. The van der Waals surface area contributed by atoms with Gasteiger partial charge in [-0.25, -0.2) is 8.78 Å². The zero-order valence-electron chi connectivity index (χ0n) is 36.3. The summed E-state index contributed by atoms with van der Waals surface area (Å²) in [6.07, 6.45) is 1.28. The summed E-state index contributed by atoms with van der Waals surface area (Å²) in [7, 11) is 0. The third-order valence-electron chi connectivity index (χ3n) is 12.8. The molecule has 4 unspecified atom stereocenters. The Bertz CT molecular complexity index is 2660. The van der Waals surface area contributed by atoms with Crippen LogP contribution in [0.1, 0.15) is 115 Å². The van der Waals surface area contributed by atoms with Gasteiger partial charge in [-0.2, -0.15) is 0 Å². The van der Waals surface area contributed by atoms with Crippen LogP contribution in [-0.2, 0) is 12.8 Å². The van der Waals surface area contributed by atoms with E-state index in [0.29, 0.717) is 54.2 Å². The van der Waals surface area contributed by atoms with Crippen LogP contribution in [0.4, 0.5) is 8.78 Å².